The fraction of sp³-hybridized carbons (Fsp3) is 0.214. The average Bonchev–Trinajstić information content (AvgIpc) is 3.43. The summed E-state index contributed by atoms with van der Waals surface area (Å²) in [6.45, 7) is 4.11. The third-order valence-electron chi connectivity index (χ3n) is 6.91. The van der Waals surface area contributed by atoms with Crippen LogP contribution in [0, 0.1) is 13.8 Å². The van der Waals surface area contributed by atoms with E-state index in [0.717, 1.165) is 21.3 Å². The average molecular weight is 517 g/mol. The Bertz CT molecular complexity index is 1700. The predicted octanol–water partition coefficient (Wildman–Crippen LogP) is 5.63. The summed E-state index contributed by atoms with van der Waals surface area (Å²) >= 11 is 0. The molecule has 192 valence electrons. The van der Waals surface area contributed by atoms with Gasteiger partial charge in [-0.15, -0.1) is 0 Å². The molecule has 3 aromatic heterocycles. The van der Waals surface area contributed by atoms with Gasteiger partial charge in [0, 0.05) is 17.2 Å². The highest BCUT2D eigenvalue weighted by atomic mass is 19.4. The number of benzene rings is 2. The smallest absolute Gasteiger partial charge is 0.317 e. The lowest BCUT2D eigenvalue weighted by atomic mass is 9.88. The summed E-state index contributed by atoms with van der Waals surface area (Å²) in [7, 11) is 0. The van der Waals surface area contributed by atoms with Gasteiger partial charge in [-0.2, -0.15) is 23.4 Å². The number of nitrogens with one attached hydrogen (secondary N) is 1. The molecule has 5 aromatic rings. The third kappa shape index (κ3) is 4.02. The molecule has 6 rings (SSSR count). The second-order valence-electron chi connectivity index (χ2n) is 9.39. The highest BCUT2D eigenvalue weighted by Crippen LogP contribution is 2.40. The van der Waals surface area contributed by atoms with Crippen LogP contribution in [0.5, 0.6) is 0 Å². The minimum Gasteiger partial charge on any atom is -0.317 e. The zero-order valence-electron chi connectivity index (χ0n) is 20.7. The Balaban J connectivity index is 1.38. The van der Waals surface area contributed by atoms with Crippen molar-refractivity contribution in [2.24, 2.45) is 0 Å². The van der Waals surface area contributed by atoms with Crippen molar-refractivity contribution in [3.05, 3.63) is 100 Å². The monoisotopic (exact) mass is 516 g/mol. The summed E-state index contributed by atoms with van der Waals surface area (Å²) in [5, 5.41) is 11.4. The maximum absolute atomic E-state index is 14.3. The quantitative estimate of drug-likeness (QED) is 0.336. The van der Waals surface area contributed by atoms with Crippen LogP contribution in [-0.4, -0.2) is 30.3 Å². The first kappa shape index (κ1) is 23.9. The maximum atomic E-state index is 14.3. The van der Waals surface area contributed by atoms with Crippen LogP contribution < -0.4 is 5.32 Å². The number of hydrogen-bond donors (Lipinski definition) is 1. The van der Waals surface area contributed by atoms with Crippen molar-refractivity contribution in [2.75, 3.05) is 5.32 Å². The van der Waals surface area contributed by atoms with Crippen molar-refractivity contribution < 1.29 is 18.0 Å². The van der Waals surface area contributed by atoms with Gasteiger partial charge in [0.25, 0.3) is 5.91 Å². The molecule has 0 bridgehead atoms. The van der Waals surface area contributed by atoms with E-state index in [4.69, 9.17) is 0 Å². The number of alkyl halides is 3. The summed E-state index contributed by atoms with van der Waals surface area (Å²) in [5.74, 6) is -0.632. The highest BCUT2D eigenvalue weighted by molar-refractivity contribution is 6.04. The molecule has 0 fully saturated rings. The largest absolute Gasteiger partial charge is 0.433 e. The van der Waals surface area contributed by atoms with Crippen LogP contribution in [-0.2, 0) is 25.6 Å². The van der Waals surface area contributed by atoms with Gasteiger partial charge >= 0.3 is 6.18 Å². The molecule has 0 unspecified atom stereocenters. The van der Waals surface area contributed by atoms with Gasteiger partial charge in [0.1, 0.15) is 0 Å². The molecule has 3 heterocycles. The Morgan fingerprint density at radius 2 is 1.74 bits per heavy atom. The van der Waals surface area contributed by atoms with Gasteiger partial charge in [0.2, 0.25) is 0 Å². The molecule has 10 heteroatoms. The topological polar surface area (TPSA) is 77.1 Å². The van der Waals surface area contributed by atoms with Crippen LogP contribution in [0.3, 0.4) is 0 Å². The zero-order chi connectivity index (χ0) is 26.6. The molecule has 0 saturated heterocycles. The zero-order valence-corrected chi connectivity index (χ0v) is 20.7. The molecular formula is C28H23F3N6O. The Kier molecular flexibility index (Phi) is 5.55. The van der Waals surface area contributed by atoms with E-state index in [2.05, 4.69) is 20.5 Å². The summed E-state index contributed by atoms with van der Waals surface area (Å²) in [6.07, 6.45) is -4.02. The first-order valence-corrected chi connectivity index (χ1v) is 12.2. The maximum Gasteiger partial charge on any atom is 0.433 e. The number of hydrogen-bond acceptors (Lipinski definition) is 4. The fourth-order valence-corrected chi connectivity index (χ4v) is 5.09. The second kappa shape index (κ2) is 8.83. The molecule has 1 aliphatic carbocycles. The van der Waals surface area contributed by atoms with E-state index in [1.165, 1.54) is 6.07 Å². The summed E-state index contributed by atoms with van der Waals surface area (Å²) in [4.78, 5) is 17.7. The van der Waals surface area contributed by atoms with E-state index < -0.39 is 17.8 Å². The number of aryl methyl sites for hydroxylation is 2. The van der Waals surface area contributed by atoms with E-state index in [-0.39, 0.29) is 29.0 Å². The van der Waals surface area contributed by atoms with Gasteiger partial charge in [0.05, 0.1) is 29.3 Å². The summed E-state index contributed by atoms with van der Waals surface area (Å²) in [5.41, 5.74) is 3.77. The summed E-state index contributed by atoms with van der Waals surface area (Å²) in [6, 6.07) is 18.4. The first-order valence-electron chi connectivity index (χ1n) is 12.2. The molecule has 1 amide bonds. The van der Waals surface area contributed by atoms with Gasteiger partial charge in [-0.05, 0) is 37.8 Å². The molecular weight excluding hydrogens is 493 g/mol. The SMILES string of the molecule is Cc1nn(Cc2ccccc2)c(C)c1NC(=O)c1cc2nc3c(c(C(F)(F)F)n2n1)CCc1ccccc1-3. The minimum absolute atomic E-state index is 0.0360. The minimum atomic E-state index is -4.68. The van der Waals surface area contributed by atoms with Crippen LogP contribution in [0.25, 0.3) is 16.9 Å². The normalized spacial score (nSPS) is 12.9. The van der Waals surface area contributed by atoms with Crippen LogP contribution in [0.2, 0.25) is 0 Å². The number of aromatic nitrogens is 5. The molecule has 7 nitrogen and oxygen atoms in total. The van der Waals surface area contributed by atoms with Crippen molar-refractivity contribution in [3.63, 3.8) is 0 Å². The molecule has 1 aliphatic rings. The molecule has 38 heavy (non-hydrogen) atoms. The fourth-order valence-electron chi connectivity index (χ4n) is 5.09. The van der Waals surface area contributed by atoms with Gasteiger partial charge < -0.3 is 5.32 Å². The molecule has 0 radical (unpaired) electrons. The number of carbonyl (C=O) groups excluding carboxylic acids is 1. The number of carbonyl (C=O) groups is 1. The predicted molar refractivity (Wildman–Crippen MR) is 136 cm³/mol. The number of anilines is 1. The molecule has 0 saturated carbocycles. The lowest BCUT2D eigenvalue weighted by Gasteiger charge is -2.23. The van der Waals surface area contributed by atoms with Crippen molar-refractivity contribution >= 4 is 17.2 Å². The summed E-state index contributed by atoms with van der Waals surface area (Å²) < 4.78 is 45.5. The molecule has 1 N–H and O–H groups in total. The number of rotatable bonds is 4. The van der Waals surface area contributed by atoms with Crippen molar-refractivity contribution in [2.45, 2.75) is 39.4 Å². The van der Waals surface area contributed by atoms with Crippen LogP contribution in [0.4, 0.5) is 18.9 Å². The van der Waals surface area contributed by atoms with E-state index >= 15 is 0 Å². The first-order chi connectivity index (χ1) is 18.2. The molecule has 2 aromatic carbocycles. The van der Waals surface area contributed by atoms with E-state index in [0.29, 0.717) is 29.9 Å². The van der Waals surface area contributed by atoms with Crippen LogP contribution in [0.1, 0.15) is 44.3 Å². The van der Waals surface area contributed by atoms with Crippen molar-refractivity contribution in [3.8, 4) is 11.3 Å². The second-order valence-corrected chi connectivity index (χ2v) is 9.39. The third-order valence-corrected chi connectivity index (χ3v) is 6.91. The Labute approximate surface area is 215 Å². The lowest BCUT2D eigenvalue weighted by molar-refractivity contribution is -0.143. The Morgan fingerprint density at radius 1 is 1.00 bits per heavy atom. The van der Waals surface area contributed by atoms with Gasteiger partial charge in [-0.3, -0.25) is 9.48 Å². The van der Waals surface area contributed by atoms with Crippen molar-refractivity contribution in [1.29, 1.82) is 0 Å². The number of amides is 1. The van der Waals surface area contributed by atoms with Crippen LogP contribution in [0.15, 0.2) is 60.7 Å². The molecule has 0 spiro atoms. The lowest BCUT2D eigenvalue weighted by Crippen LogP contribution is -2.21. The molecule has 0 atom stereocenters. The Hall–Kier alpha value is -4.47. The Morgan fingerprint density at radius 3 is 2.50 bits per heavy atom. The number of fused-ring (bicyclic) bond motifs is 4. The standard InChI is InChI=1S/C28H23F3N6O/c1-16-24(17(2)36(34-16)15-18-8-4-3-5-9-18)33-27(38)22-14-23-32-25-20-11-7-6-10-19(20)12-13-21(25)26(28(29,30)31)37(23)35-22/h3-11,14H,12-13,15H2,1-2H3,(H,33,38). The van der Waals surface area contributed by atoms with Crippen LogP contribution >= 0.6 is 0 Å². The number of nitrogens with zero attached hydrogens (tertiary/aromatic N) is 5. The van der Waals surface area contributed by atoms with Gasteiger partial charge in [-0.25, -0.2) is 9.50 Å². The van der Waals surface area contributed by atoms with E-state index in [9.17, 15) is 18.0 Å². The van der Waals surface area contributed by atoms with E-state index in [1.807, 2.05) is 49.4 Å². The number of halogens is 3. The van der Waals surface area contributed by atoms with Gasteiger partial charge in [-0.1, -0.05) is 54.6 Å². The van der Waals surface area contributed by atoms with Gasteiger partial charge in [0.15, 0.2) is 17.0 Å². The van der Waals surface area contributed by atoms with E-state index in [1.54, 1.807) is 23.7 Å². The van der Waals surface area contributed by atoms with Crippen molar-refractivity contribution in [1.82, 2.24) is 24.4 Å². The molecule has 0 aliphatic heterocycles. The highest BCUT2D eigenvalue weighted by Gasteiger charge is 2.40.